The van der Waals surface area contributed by atoms with Gasteiger partial charge in [-0.25, -0.2) is 0 Å². The first-order valence-electron chi connectivity index (χ1n) is 17.2. The van der Waals surface area contributed by atoms with E-state index in [0.29, 0.717) is 7.25 Å². The van der Waals surface area contributed by atoms with Crippen LogP contribution >= 0.6 is 0 Å². The van der Waals surface area contributed by atoms with E-state index >= 15 is 0 Å². The van der Waals surface area contributed by atoms with Crippen LogP contribution in [0.4, 0.5) is 0 Å². The molecule has 244 valence electrons. The molecule has 50 heavy (non-hydrogen) atoms. The smallest absolute Gasteiger partial charge is 1.00 e. The summed E-state index contributed by atoms with van der Waals surface area (Å²) in [6.45, 7) is 9.74. The summed E-state index contributed by atoms with van der Waals surface area (Å²) in [5.41, 5.74) is 20.5. The van der Waals surface area contributed by atoms with Crippen LogP contribution in [0.3, 0.4) is 0 Å². The van der Waals surface area contributed by atoms with E-state index in [1.165, 1.54) is 44.5 Å². The molecular formula is C46H38Cl2SiZr. The Bertz CT molecular complexity index is 2120. The van der Waals surface area contributed by atoms with Crippen LogP contribution in [0.5, 0.6) is 0 Å². The molecule has 0 spiro atoms. The molecule has 0 saturated heterocycles. The maximum absolute atomic E-state index is 2.68. The Morgan fingerprint density at radius 3 is 1.18 bits per heavy atom. The molecule has 2 atom stereocenters. The zero-order valence-electron chi connectivity index (χ0n) is 28.8. The van der Waals surface area contributed by atoms with Crippen molar-refractivity contribution < 1.29 is 48.0 Å². The molecular weight excluding hydrogens is 743 g/mol. The molecule has 9 rings (SSSR count). The molecule has 3 aliphatic rings. The normalized spacial score (nSPS) is 17.7. The van der Waals surface area contributed by atoms with Crippen molar-refractivity contribution in [3.05, 3.63) is 190 Å². The minimum Gasteiger partial charge on any atom is -1.00 e. The quantitative estimate of drug-likeness (QED) is 0.188. The summed E-state index contributed by atoms with van der Waals surface area (Å²) in [6, 6.07) is 55.9. The number of allylic oxidation sites excluding steroid dienone is 2. The molecule has 0 amide bonds. The van der Waals surface area contributed by atoms with Crippen LogP contribution in [0.1, 0.15) is 51.8 Å². The van der Waals surface area contributed by atoms with Gasteiger partial charge in [-0.05, 0) is 0 Å². The van der Waals surface area contributed by atoms with Crippen LogP contribution in [0.25, 0.3) is 43.8 Å². The minimum absolute atomic E-state index is 0. The molecule has 6 aromatic carbocycles. The fourth-order valence-corrected chi connectivity index (χ4v) is 18.7. The summed E-state index contributed by atoms with van der Waals surface area (Å²) >= 11 is -1.20. The van der Waals surface area contributed by atoms with Gasteiger partial charge in [-0.1, -0.05) is 0 Å². The Hall–Kier alpha value is -3.52. The van der Waals surface area contributed by atoms with Gasteiger partial charge in [0.15, 0.2) is 0 Å². The third-order valence-corrected chi connectivity index (χ3v) is 19.0. The molecule has 4 heteroatoms. The summed E-state index contributed by atoms with van der Waals surface area (Å²) in [7, 11) is -2.41. The zero-order valence-corrected chi connectivity index (χ0v) is 33.7. The second kappa shape index (κ2) is 13.6. The van der Waals surface area contributed by atoms with Crippen LogP contribution in [0.2, 0.25) is 13.1 Å². The summed E-state index contributed by atoms with van der Waals surface area (Å²) < 4.78 is 0.967. The molecule has 2 unspecified atom stereocenters. The van der Waals surface area contributed by atoms with Gasteiger partial charge < -0.3 is 24.8 Å². The summed E-state index contributed by atoms with van der Waals surface area (Å²) in [5.74, 6) is 0. The van der Waals surface area contributed by atoms with Crippen molar-refractivity contribution >= 4 is 29.6 Å². The zero-order chi connectivity index (χ0) is 32.6. The van der Waals surface area contributed by atoms with E-state index in [9.17, 15) is 0 Å². The van der Waals surface area contributed by atoms with Gasteiger partial charge in [0.05, 0.1) is 0 Å². The summed E-state index contributed by atoms with van der Waals surface area (Å²) in [4.78, 5) is 0. The van der Waals surface area contributed by atoms with Crippen molar-refractivity contribution in [1.29, 1.82) is 0 Å². The molecule has 0 nitrogen and oxygen atoms in total. The second-order valence-electron chi connectivity index (χ2n) is 14.2. The standard InChI is InChI=1S/C46H38Si.2ClH.Zr/c1-31-21-25-35(26-22-31)39-19-11-17-37-29-41(33-13-7-5-8-14-33)45(43(37)39)47(3,4)46-42(34-15-9-6-10-16-34)30-38-18-12-20-40(44(38)46)36-27-23-32(2)24-28-36;;;/h5-30H,1-4H3;2*1H;/q;;;+2/p-2. The van der Waals surface area contributed by atoms with E-state index in [1.807, 2.05) is 0 Å². The van der Waals surface area contributed by atoms with Gasteiger partial charge in [-0.3, -0.25) is 0 Å². The second-order valence-corrected chi connectivity index (χ2v) is 22.1. The largest absolute Gasteiger partial charge is 1.00 e. The van der Waals surface area contributed by atoms with Gasteiger partial charge in [0.1, 0.15) is 0 Å². The fourth-order valence-electron chi connectivity index (χ4n) is 8.79. The van der Waals surface area contributed by atoms with Crippen molar-refractivity contribution in [2.75, 3.05) is 0 Å². The number of hydrogen-bond donors (Lipinski definition) is 0. The van der Waals surface area contributed by atoms with Gasteiger partial charge in [-0.2, -0.15) is 0 Å². The Morgan fingerprint density at radius 2 is 0.800 bits per heavy atom. The number of aryl methyl sites for hydroxylation is 2. The number of rotatable bonds is 4. The molecule has 0 aromatic heterocycles. The van der Waals surface area contributed by atoms with E-state index < -0.39 is 31.3 Å². The molecule has 0 fully saturated rings. The van der Waals surface area contributed by atoms with Crippen molar-refractivity contribution in [2.24, 2.45) is 0 Å². The predicted octanol–water partition coefficient (Wildman–Crippen LogP) is 6.16. The Labute approximate surface area is 321 Å². The number of fused-ring (bicyclic) bond motifs is 8. The monoisotopic (exact) mass is 778 g/mol. The van der Waals surface area contributed by atoms with Crippen LogP contribution in [-0.4, -0.2) is 8.07 Å². The molecule has 2 aliphatic carbocycles. The van der Waals surface area contributed by atoms with E-state index in [-0.39, 0.29) is 24.8 Å². The molecule has 1 heterocycles. The average molecular weight is 781 g/mol. The van der Waals surface area contributed by atoms with E-state index in [4.69, 9.17) is 0 Å². The third kappa shape index (κ3) is 5.43. The van der Waals surface area contributed by atoms with E-state index in [1.54, 1.807) is 43.8 Å². The summed E-state index contributed by atoms with van der Waals surface area (Å²) in [6.07, 6.45) is 0. The summed E-state index contributed by atoms with van der Waals surface area (Å²) in [5, 5.41) is 3.33. The fraction of sp³-hybridized carbons (Fsp3) is 0.130. The Kier molecular flexibility index (Phi) is 9.46. The minimum atomic E-state index is -2.41. The van der Waals surface area contributed by atoms with Crippen molar-refractivity contribution in [1.82, 2.24) is 0 Å². The first kappa shape index (κ1) is 34.9. The van der Waals surface area contributed by atoms with Crippen LogP contribution in [0.15, 0.2) is 146 Å². The van der Waals surface area contributed by atoms with Crippen molar-refractivity contribution in [2.45, 2.75) is 34.2 Å². The topological polar surface area (TPSA) is 0 Å². The number of hydrogen-bond acceptors (Lipinski definition) is 0. The first-order valence-corrected chi connectivity index (χ1v) is 23.0. The van der Waals surface area contributed by atoms with Crippen molar-refractivity contribution in [3.8, 4) is 22.3 Å². The number of benzene rings is 6. The molecule has 0 radical (unpaired) electrons. The first-order chi connectivity index (χ1) is 23.4. The molecule has 6 aromatic rings. The molecule has 4 bridgehead atoms. The van der Waals surface area contributed by atoms with Gasteiger partial charge >= 0.3 is 299 Å². The van der Waals surface area contributed by atoms with E-state index in [0.717, 1.165) is 0 Å². The third-order valence-electron chi connectivity index (χ3n) is 10.9. The molecule has 0 saturated carbocycles. The molecule has 0 N–H and O–H groups in total. The maximum atomic E-state index is 2.68. The Balaban J connectivity index is 0.00000196. The van der Waals surface area contributed by atoms with Crippen LogP contribution in [-0.2, 0) is 23.2 Å². The number of halogens is 2. The van der Waals surface area contributed by atoms with Crippen LogP contribution in [0, 0.1) is 13.8 Å². The Morgan fingerprint density at radius 1 is 0.420 bits per heavy atom. The maximum Gasteiger partial charge on any atom is -1.00 e. The van der Waals surface area contributed by atoms with Gasteiger partial charge in [0.25, 0.3) is 0 Å². The molecule has 1 aliphatic heterocycles. The van der Waals surface area contributed by atoms with Crippen molar-refractivity contribution in [3.63, 3.8) is 0 Å². The predicted molar refractivity (Wildman–Crippen MR) is 203 cm³/mol. The van der Waals surface area contributed by atoms with Gasteiger partial charge in [0.2, 0.25) is 0 Å². The average Bonchev–Trinajstić information content (AvgIpc) is 3.65. The SMILES string of the molecule is Cc1ccc(-c2cccc3c2C2=C(c4ccccc4)[CH]3[Zr+2][CH]3C(c4ccccc4)=C(c4c(-c5ccc(C)cc5)cccc43)[Si]2(C)C)cc1.[Cl-].[Cl-]. The van der Waals surface area contributed by atoms with E-state index in [2.05, 4.69) is 173 Å². The van der Waals surface area contributed by atoms with Crippen LogP contribution < -0.4 is 24.8 Å². The van der Waals surface area contributed by atoms with Gasteiger partial charge in [-0.15, -0.1) is 0 Å². The van der Waals surface area contributed by atoms with Gasteiger partial charge in [0, 0.05) is 0 Å².